The van der Waals surface area contributed by atoms with Gasteiger partial charge >= 0.3 is 5.97 Å². The molecule has 2 heterocycles. The third-order valence-electron chi connectivity index (χ3n) is 3.04. The number of hydrogen-bond acceptors (Lipinski definition) is 5. The maximum atomic E-state index is 12.0. The fourth-order valence-electron chi connectivity index (χ4n) is 2.03. The van der Waals surface area contributed by atoms with Crippen LogP contribution in [0.1, 0.15) is 35.3 Å². The van der Waals surface area contributed by atoms with Gasteiger partial charge in [0.25, 0.3) is 0 Å². The predicted molar refractivity (Wildman–Crippen MR) is 69.1 cm³/mol. The number of thiazole rings is 1. The highest BCUT2D eigenvalue weighted by molar-refractivity contribution is 7.09. The van der Waals surface area contributed by atoms with Gasteiger partial charge in [0.1, 0.15) is 5.01 Å². The van der Waals surface area contributed by atoms with Crippen molar-refractivity contribution in [1.82, 2.24) is 10.3 Å². The molecule has 1 aromatic rings. The molecule has 7 heteroatoms. The van der Waals surface area contributed by atoms with Crippen LogP contribution in [0.5, 0.6) is 0 Å². The number of hydrogen-bond donors (Lipinski definition) is 2. The molecule has 6 nitrogen and oxygen atoms in total. The van der Waals surface area contributed by atoms with Crippen LogP contribution in [-0.2, 0) is 16.1 Å². The van der Waals surface area contributed by atoms with E-state index in [0.717, 1.165) is 12.8 Å². The van der Waals surface area contributed by atoms with E-state index in [9.17, 15) is 9.59 Å². The van der Waals surface area contributed by atoms with E-state index in [1.165, 1.54) is 16.7 Å². The van der Waals surface area contributed by atoms with E-state index in [-0.39, 0.29) is 30.2 Å². The summed E-state index contributed by atoms with van der Waals surface area (Å²) in [7, 11) is 0. The number of carboxylic acid groups (broad SMARTS) is 1. The summed E-state index contributed by atoms with van der Waals surface area (Å²) in [5.41, 5.74) is 0.0222. The van der Waals surface area contributed by atoms with E-state index >= 15 is 0 Å². The predicted octanol–water partition coefficient (Wildman–Crippen LogP) is 1.27. The topological polar surface area (TPSA) is 88.5 Å². The molecule has 0 aliphatic carbocycles. The number of carboxylic acids is 1. The van der Waals surface area contributed by atoms with Gasteiger partial charge in [0.15, 0.2) is 5.69 Å². The van der Waals surface area contributed by atoms with E-state index in [0.29, 0.717) is 11.6 Å². The summed E-state index contributed by atoms with van der Waals surface area (Å²) in [4.78, 5) is 26.6. The Labute approximate surface area is 114 Å². The monoisotopic (exact) mass is 284 g/mol. The molecule has 0 aromatic carbocycles. The van der Waals surface area contributed by atoms with Gasteiger partial charge in [-0.15, -0.1) is 11.3 Å². The Kier molecular flexibility index (Phi) is 4.49. The molecule has 1 aliphatic heterocycles. The summed E-state index contributed by atoms with van der Waals surface area (Å²) in [6, 6.07) is 0. The highest BCUT2D eigenvalue weighted by Crippen LogP contribution is 2.20. The highest BCUT2D eigenvalue weighted by Gasteiger charge is 2.25. The molecule has 1 saturated heterocycles. The summed E-state index contributed by atoms with van der Waals surface area (Å²) in [6.07, 6.45) is 1.57. The van der Waals surface area contributed by atoms with Gasteiger partial charge in [-0.3, -0.25) is 4.79 Å². The summed E-state index contributed by atoms with van der Waals surface area (Å²) < 4.78 is 5.40. The van der Waals surface area contributed by atoms with Gasteiger partial charge in [0.05, 0.1) is 12.6 Å². The first kappa shape index (κ1) is 14.0. The zero-order valence-corrected chi connectivity index (χ0v) is 11.4. The molecule has 19 heavy (non-hydrogen) atoms. The highest BCUT2D eigenvalue weighted by atomic mass is 32.1. The lowest BCUT2D eigenvalue weighted by Gasteiger charge is -2.26. The molecule has 1 aliphatic rings. The van der Waals surface area contributed by atoms with Crippen LogP contribution in [0.3, 0.4) is 0 Å². The first-order valence-electron chi connectivity index (χ1n) is 6.13. The van der Waals surface area contributed by atoms with E-state index in [1.54, 1.807) is 0 Å². The number of nitrogens with one attached hydrogen (secondary N) is 1. The van der Waals surface area contributed by atoms with Crippen molar-refractivity contribution in [3.63, 3.8) is 0 Å². The van der Waals surface area contributed by atoms with Crippen LogP contribution in [0.4, 0.5) is 0 Å². The van der Waals surface area contributed by atoms with Crippen LogP contribution in [0.25, 0.3) is 0 Å². The van der Waals surface area contributed by atoms with E-state index in [2.05, 4.69) is 10.3 Å². The molecule has 1 fully saturated rings. The van der Waals surface area contributed by atoms with Crippen LogP contribution < -0.4 is 5.32 Å². The number of amides is 1. The van der Waals surface area contributed by atoms with Crippen LogP contribution in [0.2, 0.25) is 0 Å². The van der Waals surface area contributed by atoms with Gasteiger partial charge in [-0.1, -0.05) is 0 Å². The Morgan fingerprint density at radius 3 is 3.05 bits per heavy atom. The Morgan fingerprint density at radius 2 is 2.42 bits per heavy atom. The minimum absolute atomic E-state index is 0.0118. The number of carbonyl (C=O) groups is 2. The van der Waals surface area contributed by atoms with Crippen molar-refractivity contribution in [3.05, 3.63) is 16.1 Å². The molecule has 2 rings (SSSR count). The number of nitrogens with zero attached hydrogens (tertiary/aromatic N) is 1. The van der Waals surface area contributed by atoms with Crippen molar-refractivity contribution in [2.45, 2.75) is 32.4 Å². The van der Waals surface area contributed by atoms with Crippen molar-refractivity contribution in [2.24, 2.45) is 5.92 Å². The first-order chi connectivity index (χ1) is 9.06. The molecule has 104 valence electrons. The fraction of sp³-hybridized carbons (Fsp3) is 0.583. The molecule has 1 amide bonds. The number of aromatic carboxylic acids is 1. The van der Waals surface area contributed by atoms with Crippen molar-refractivity contribution >= 4 is 23.2 Å². The van der Waals surface area contributed by atoms with Crippen LogP contribution in [-0.4, -0.2) is 34.7 Å². The molecule has 1 aromatic heterocycles. The van der Waals surface area contributed by atoms with Gasteiger partial charge in [-0.25, -0.2) is 9.78 Å². The molecule has 2 N–H and O–H groups in total. The van der Waals surface area contributed by atoms with Crippen molar-refractivity contribution in [3.8, 4) is 0 Å². The second kappa shape index (κ2) is 6.12. The lowest BCUT2D eigenvalue weighted by atomic mass is 9.95. The van der Waals surface area contributed by atoms with Gasteiger partial charge in [-0.05, 0) is 19.8 Å². The molecule has 2 atom stereocenters. The molecule has 0 radical (unpaired) electrons. The van der Waals surface area contributed by atoms with Gasteiger partial charge in [-0.2, -0.15) is 0 Å². The Morgan fingerprint density at radius 1 is 1.63 bits per heavy atom. The minimum atomic E-state index is -1.05. The molecule has 0 spiro atoms. The van der Waals surface area contributed by atoms with E-state index < -0.39 is 5.97 Å². The maximum Gasteiger partial charge on any atom is 0.355 e. The molecular weight excluding hydrogens is 268 g/mol. The standard InChI is InChI=1S/C12H16N2O4S/c1-7-4-8(2-3-18-7)11(15)13-5-10-14-9(6-19-10)12(16)17/h6-8H,2-5H2,1H3,(H,13,15)(H,16,17)/t7-,8-/m1/s1. The Hall–Kier alpha value is -1.47. The average molecular weight is 284 g/mol. The third-order valence-corrected chi connectivity index (χ3v) is 3.89. The minimum Gasteiger partial charge on any atom is -0.476 e. The zero-order valence-electron chi connectivity index (χ0n) is 10.6. The number of ether oxygens (including phenoxy) is 1. The maximum absolute atomic E-state index is 12.0. The quantitative estimate of drug-likeness (QED) is 0.869. The van der Waals surface area contributed by atoms with Crippen molar-refractivity contribution in [1.29, 1.82) is 0 Å². The van der Waals surface area contributed by atoms with E-state index in [1.807, 2.05) is 6.92 Å². The fourth-order valence-corrected chi connectivity index (χ4v) is 2.74. The Bertz CT molecular complexity index is 474. The van der Waals surface area contributed by atoms with Crippen LogP contribution in [0.15, 0.2) is 5.38 Å². The Balaban J connectivity index is 1.84. The summed E-state index contributed by atoms with van der Waals surface area (Å²) in [5, 5.41) is 13.6. The number of rotatable bonds is 4. The van der Waals surface area contributed by atoms with Crippen molar-refractivity contribution < 1.29 is 19.4 Å². The summed E-state index contributed by atoms with van der Waals surface area (Å²) in [5.74, 6) is -1.09. The number of carbonyl (C=O) groups excluding carboxylic acids is 1. The van der Waals surface area contributed by atoms with Gasteiger partial charge < -0.3 is 15.2 Å². The van der Waals surface area contributed by atoms with Crippen LogP contribution in [0, 0.1) is 5.92 Å². The van der Waals surface area contributed by atoms with Gasteiger partial charge in [0.2, 0.25) is 5.91 Å². The average Bonchev–Trinajstić information content (AvgIpc) is 2.85. The second-order valence-corrected chi connectivity index (χ2v) is 5.49. The van der Waals surface area contributed by atoms with E-state index in [4.69, 9.17) is 9.84 Å². The molecule has 0 bridgehead atoms. The SMILES string of the molecule is C[C@@H]1C[C@H](C(=O)NCc2nc(C(=O)O)cs2)CCO1. The normalized spacial score (nSPS) is 23.0. The summed E-state index contributed by atoms with van der Waals surface area (Å²) in [6.45, 7) is 2.85. The summed E-state index contributed by atoms with van der Waals surface area (Å²) >= 11 is 1.24. The second-order valence-electron chi connectivity index (χ2n) is 4.55. The largest absolute Gasteiger partial charge is 0.476 e. The number of aromatic nitrogens is 1. The van der Waals surface area contributed by atoms with Gasteiger partial charge in [0, 0.05) is 17.9 Å². The zero-order chi connectivity index (χ0) is 13.8. The lowest BCUT2D eigenvalue weighted by molar-refractivity contribution is -0.129. The van der Waals surface area contributed by atoms with Crippen molar-refractivity contribution in [2.75, 3.05) is 6.61 Å². The van der Waals surface area contributed by atoms with Crippen LogP contribution >= 0.6 is 11.3 Å². The third kappa shape index (κ3) is 3.74. The molecule has 0 unspecified atom stereocenters. The molecular formula is C12H16N2O4S. The first-order valence-corrected chi connectivity index (χ1v) is 7.01. The smallest absolute Gasteiger partial charge is 0.355 e. The lowest BCUT2D eigenvalue weighted by Crippen LogP contribution is -2.36. The molecule has 0 saturated carbocycles.